The van der Waals surface area contributed by atoms with E-state index in [1.807, 2.05) is 31.5 Å². The van der Waals surface area contributed by atoms with Gasteiger partial charge in [-0.3, -0.25) is 4.68 Å². The van der Waals surface area contributed by atoms with E-state index >= 15 is 0 Å². The van der Waals surface area contributed by atoms with Crippen LogP contribution in [0.2, 0.25) is 0 Å². The van der Waals surface area contributed by atoms with Gasteiger partial charge >= 0.3 is 0 Å². The van der Waals surface area contributed by atoms with Crippen LogP contribution in [0, 0.1) is 12.7 Å². The van der Waals surface area contributed by atoms with Crippen molar-refractivity contribution >= 4 is 0 Å². The van der Waals surface area contributed by atoms with Gasteiger partial charge in [-0.2, -0.15) is 5.10 Å². The highest BCUT2D eigenvalue weighted by Crippen LogP contribution is 2.25. The summed E-state index contributed by atoms with van der Waals surface area (Å²) in [6, 6.07) is 6.12. The van der Waals surface area contributed by atoms with Gasteiger partial charge in [0.25, 0.3) is 0 Å². The summed E-state index contributed by atoms with van der Waals surface area (Å²) >= 11 is 0. The topological polar surface area (TPSA) is 53.1 Å². The fourth-order valence-electron chi connectivity index (χ4n) is 2.15. The van der Waals surface area contributed by atoms with E-state index in [9.17, 15) is 4.39 Å². The Bertz CT molecular complexity index is 593. The molecule has 0 amide bonds. The maximum absolute atomic E-state index is 13.3. The molecule has 0 saturated carbocycles. The lowest BCUT2D eigenvalue weighted by Gasteiger charge is -2.14. The van der Waals surface area contributed by atoms with Crippen molar-refractivity contribution in [2.45, 2.75) is 40.0 Å². The van der Waals surface area contributed by atoms with Gasteiger partial charge in [-0.05, 0) is 45.0 Å². The summed E-state index contributed by atoms with van der Waals surface area (Å²) < 4.78 is 20.9. The Kier molecular flexibility index (Phi) is 4.39. The molecule has 108 valence electrons. The van der Waals surface area contributed by atoms with Crippen LogP contribution in [0.5, 0.6) is 5.75 Å². The van der Waals surface area contributed by atoms with Gasteiger partial charge in [0.1, 0.15) is 18.2 Å². The van der Waals surface area contributed by atoms with Gasteiger partial charge in [-0.15, -0.1) is 0 Å². The van der Waals surface area contributed by atoms with Gasteiger partial charge in [0.05, 0.1) is 11.4 Å². The fraction of sp³-hybridized carbons (Fsp3) is 0.400. The minimum absolute atomic E-state index is 0.279. The Labute approximate surface area is 118 Å². The first kappa shape index (κ1) is 14.5. The first-order valence-electron chi connectivity index (χ1n) is 6.72. The Hall–Kier alpha value is -1.88. The number of hydrogen-bond donors (Lipinski definition) is 1. The molecule has 5 heteroatoms. The van der Waals surface area contributed by atoms with Gasteiger partial charge < -0.3 is 10.5 Å². The van der Waals surface area contributed by atoms with E-state index in [-0.39, 0.29) is 11.9 Å². The van der Waals surface area contributed by atoms with Crippen molar-refractivity contribution in [1.82, 2.24) is 9.78 Å². The SMILES string of the molecule is CCn1nc(C)cc1COc1ccc(F)cc1[C@@H](C)N. The van der Waals surface area contributed by atoms with Crippen molar-refractivity contribution < 1.29 is 9.13 Å². The second-order valence-electron chi connectivity index (χ2n) is 4.85. The number of ether oxygens (including phenoxy) is 1. The second-order valence-corrected chi connectivity index (χ2v) is 4.85. The molecule has 1 aromatic heterocycles. The van der Waals surface area contributed by atoms with Crippen LogP contribution in [0.1, 0.15) is 36.8 Å². The molecule has 0 aliphatic carbocycles. The quantitative estimate of drug-likeness (QED) is 0.914. The number of nitrogens with zero attached hydrogens (tertiary/aromatic N) is 2. The highest BCUT2D eigenvalue weighted by molar-refractivity contribution is 5.36. The maximum atomic E-state index is 13.3. The Balaban J connectivity index is 2.18. The first-order chi connectivity index (χ1) is 9.51. The van der Waals surface area contributed by atoms with Crippen molar-refractivity contribution in [2.75, 3.05) is 0 Å². The smallest absolute Gasteiger partial charge is 0.130 e. The normalized spacial score (nSPS) is 12.4. The zero-order valence-electron chi connectivity index (χ0n) is 12.1. The predicted molar refractivity (Wildman–Crippen MR) is 76.0 cm³/mol. The second kappa shape index (κ2) is 6.05. The number of rotatable bonds is 5. The third-order valence-electron chi connectivity index (χ3n) is 3.12. The van der Waals surface area contributed by atoms with E-state index in [0.29, 0.717) is 17.9 Å². The van der Waals surface area contributed by atoms with Gasteiger partial charge in [-0.1, -0.05) is 0 Å². The largest absolute Gasteiger partial charge is 0.487 e. The summed E-state index contributed by atoms with van der Waals surface area (Å²) in [4.78, 5) is 0. The lowest BCUT2D eigenvalue weighted by molar-refractivity contribution is 0.287. The predicted octanol–water partition coefficient (Wildman–Crippen LogP) is 2.95. The number of hydrogen-bond acceptors (Lipinski definition) is 3. The molecule has 0 bridgehead atoms. The van der Waals surface area contributed by atoms with Gasteiger partial charge in [0, 0.05) is 18.2 Å². The van der Waals surface area contributed by atoms with Crippen molar-refractivity contribution in [3.8, 4) is 5.75 Å². The van der Waals surface area contributed by atoms with Crippen LogP contribution in [0.4, 0.5) is 4.39 Å². The average Bonchev–Trinajstić information content (AvgIpc) is 2.77. The Morgan fingerprint density at radius 3 is 2.80 bits per heavy atom. The molecule has 20 heavy (non-hydrogen) atoms. The molecule has 0 unspecified atom stereocenters. The molecular weight excluding hydrogens is 257 g/mol. The van der Waals surface area contributed by atoms with Crippen LogP contribution in [-0.4, -0.2) is 9.78 Å². The van der Waals surface area contributed by atoms with Crippen LogP contribution in [0.15, 0.2) is 24.3 Å². The summed E-state index contributed by atoms with van der Waals surface area (Å²) in [5, 5.41) is 4.37. The van der Waals surface area contributed by atoms with Crippen LogP contribution in [-0.2, 0) is 13.2 Å². The molecule has 0 fully saturated rings. The number of halogens is 1. The first-order valence-corrected chi connectivity index (χ1v) is 6.72. The molecule has 0 aliphatic rings. The maximum Gasteiger partial charge on any atom is 0.130 e. The zero-order valence-corrected chi connectivity index (χ0v) is 12.1. The fourth-order valence-corrected chi connectivity index (χ4v) is 2.15. The third-order valence-corrected chi connectivity index (χ3v) is 3.12. The molecule has 0 spiro atoms. The van der Waals surface area contributed by atoms with Crippen molar-refractivity contribution in [2.24, 2.45) is 5.73 Å². The third kappa shape index (κ3) is 3.17. The van der Waals surface area contributed by atoms with E-state index in [1.165, 1.54) is 12.1 Å². The molecule has 1 heterocycles. The summed E-state index contributed by atoms with van der Waals surface area (Å²) in [6.07, 6.45) is 0. The molecule has 2 N–H and O–H groups in total. The van der Waals surface area contributed by atoms with Crippen LogP contribution >= 0.6 is 0 Å². The molecule has 2 rings (SSSR count). The molecule has 1 aromatic carbocycles. The van der Waals surface area contributed by atoms with Crippen LogP contribution in [0.25, 0.3) is 0 Å². The number of benzene rings is 1. The molecule has 2 aromatic rings. The highest BCUT2D eigenvalue weighted by Gasteiger charge is 2.11. The summed E-state index contributed by atoms with van der Waals surface area (Å²) in [6.45, 7) is 6.96. The molecule has 0 radical (unpaired) electrons. The minimum atomic E-state index is -0.306. The molecule has 0 saturated heterocycles. The van der Waals surface area contributed by atoms with Crippen LogP contribution in [0.3, 0.4) is 0 Å². The molecule has 4 nitrogen and oxygen atoms in total. The average molecular weight is 277 g/mol. The van der Waals surface area contributed by atoms with E-state index in [1.54, 1.807) is 6.07 Å². The van der Waals surface area contributed by atoms with Crippen molar-refractivity contribution in [1.29, 1.82) is 0 Å². The standard InChI is InChI=1S/C15H20FN3O/c1-4-19-13(7-10(2)18-19)9-20-15-6-5-12(16)8-14(15)11(3)17/h5-8,11H,4,9,17H2,1-3H3/t11-/m1/s1. The van der Waals surface area contributed by atoms with E-state index < -0.39 is 0 Å². The Morgan fingerprint density at radius 2 is 2.15 bits per heavy atom. The Morgan fingerprint density at radius 1 is 1.40 bits per heavy atom. The van der Waals surface area contributed by atoms with E-state index in [4.69, 9.17) is 10.5 Å². The summed E-state index contributed by atoms with van der Waals surface area (Å²) in [7, 11) is 0. The number of nitrogens with two attached hydrogens (primary N) is 1. The molecule has 0 aliphatic heterocycles. The lowest BCUT2D eigenvalue weighted by atomic mass is 10.1. The van der Waals surface area contributed by atoms with E-state index in [0.717, 1.165) is 17.9 Å². The molecule has 1 atom stereocenters. The molecular formula is C15H20FN3O. The van der Waals surface area contributed by atoms with E-state index in [2.05, 4.69) is 5.10 Å². The van der Waals surface area contributed by atoms with Gasteiger partial charge in [0.15, 0.2) is 0 Å². The summed E-state index contributed by atoms with van der Waals surface area (Å²) in [5.74, 6) is 0.307. The lowest BCUT2D eigenvalue weighted by Crippen LogP contribution is -2.10. The highest BCUT2D eigenvalue weighted by atomic mass is 19.1. The van der Waals surface area contributed by atoms with Crippen molar-refractivity contribution in [3.05, 3.63) is 47.0 Å². The minimum Gasteiger partial charge on any atom is -0.487 e. The number of aromatic nitrogens is 2. The number of aryl methyl sites for hydroxylation is 2. The van der Waals surface area contributed by atoms with Gasteiger partial charge in [-0.25, -0.2) is 4.39 Å². The van der Waals surface area contributed by atoms with Crippen LogP contribution < -0.4 is 10.5 Å². The van der Waals surface area contributed by atoms with Gasteiger partial charge in [0.2, 0.25) is 0 Å². The summed E-state index contributed by atoms with van der Waals surface area (Å²) in [5.41, 5.74) is 8.47. The van der Waals surface area contributed by atoms with Crippen molar-refractivity contribution in [3.63, 3.8) is 0 Å². The zero-order chi connectivity index (χ0) is 14.7. The monoisotopic (exact) mass is 277 g/mol.